The number of hydrogen-bond donors (Lipinski definition) is 0. The van der Waals surface area contributed by atoms with E-state index >= 15 is 0 Å². The van der Waals surface area contributed by atoms with Gasteiger partial charge in [0.1, 0.15) is 0 Å². The first-order chi connectivity index (χ1) is 6.20. The van der Waals surface area contributed by atoms with Gasteiger partial charge in [0.2, 0.25) is 0 Å². The Kier molecular flexibility index (Phi) is 2.04. The van der Waals surface area contributed by atoms with E-state index in [9.17, 15) is 9.00 Å². The van der Waals surface area contributed by atoms with Crippen LogP contribution < -0.4 is 0 Å². The molecule has 0 saturated carbocycles. The first-order valence-corrected chi connectivity index (χ1v) is 5.74. The smallest absolute Gasteiger partial charge is 0.164 e. The summed E-state index contributed by atoms with van der Waals surface area (Å²) in [7, 11) is -1.05. The van der Waals surface area contributed by atoms with Crippen LogP contribution in [0.1, 0.15) is 22.3 Å². The van der Waals surface area contributed by atoms with Gasteiger partial charge in [0.15, 0.2) is 5.78 Å². The van der Waals surface area contributed by atoms with E-state index in [1.807, 2.05) is 12.1 Å². The van der Waals surface area contributed by atoms with Gasteiger partial charge >= 0.3 is 0 Å². The second kappa shape index (κ2) is 3.07. The van der Waals surface area contributed by atoms with Crippen LogP contribution >= 0.6 is 0 Å². The van der Waals surface area contributed by atoms with E-state index in [2.05, 4.69) is 0 Å². The molecule has 68 valence electrons. The van der Waals surface area contributed by atoms with Crippen molar-refractivity contribution in [1.29, 1.82) is 0 Å². The number of benzene rings is 1. The van der Waals surface area contributed by atoms with E-state index < -0.39 is 10.8 Å². The van der Waals surface area contributed by atoms with Crippen LogP contribution in [0.2, 0.25) is 0 Å². The molecule has 13 heavy (non-hydrogen) atoms. The quantitative estimate of drug-likeness (QED) is 0.679. The zero-order valence-electron chi connectivity index (χ0n) is 7.37. The molecule has 1 unspecified atom stereocenters. The van der Waals surface area contributed by atoms with Crippen molar-refractivity contribution >= 4 is 16.6 Å². The Morgan fingerprint density at radius 2 is 2.08 bits per heavy atom. The van der Waals surface area contributed by atoms with Crippen molar-refractivity contribution in [1.82, 2.24) is 0 Å². The minimum atomic E-state index is -1.05. The van der Waals surface area contributed by atoms with Gasteiger partial charge in [-0.25, -0.2) is 0 Å². The third kappa shape index (κ3) is 1.33. The number of Topliss-reactive ketones (excluding diaryl/α,β-unsaturated/α-hetero) is 1. The summed E-state index contributed by atoms with van der Waals surface area (Å²) in [4.78, 5) is 12.2. The number of rotatable bonds is 1. The van der Waals surface area contributed by atoms with Crippen molar-refractivity contribution in [2.75, 3.05) is 6.26 Å². The Morgan fingerprint density at radius 1 is 1.31 bits per heavy atom. The van der Waals surface area contributed by atoms with Gasteiger partial charge in [0.05, 0.1) is 10.8 Å². The third-order valence-electron chi connectivity index (χ3n) is 2.32. The van der Waals surface area contributed by atoms with Gasteiger partial charge in [-0.1, -0.05) is 12.1 Å². The molecule has 2 nitrogen and oxygen atoms in total. The summed E-state index contributed by atoms with van der Waals surface area (Å²) in [6.07, 6.45) is 2.99. The van der Waals surface area contributed by atoms with Crippen molar-refractivity contribution in [3.05, 3.63) is 29.3 Å². The van der Waals surface area contributed by atoms with Crippen molar-refractivity contribution in [2.45, 2.75) is 17.7 Å². The van der Waals surface area contributed by atoms with Gasteiger partial charge in [-0.05, 0) is 18.1 Å². The molecular weight excluding hydrogens is 184 g/mol. The molecular formula is C10H10O2S. The van der Waals surface area contributed by atoms with Gasteiger partial charge in [-0.3, -0.25) is 9.00 Å². The number of carbonyl (C=O) groups excluding carboxylic acids is 1. The summed E-state index contributed by atoms with van der Waals surface area (Å²) < 4.78 is 11.3. The highest BCUT2D eigenvalue weighted by Gasteiger charge is 2.23. The fraction of sp³-hybridized carbons (Fsp3) is 0.300. The third-order valence-corrected chi connectivity index (χ3v) is 3.28. The molecule has 0 bridgehead atoms. The molecule has 0 N–H and O–H groups in total. The van der Waals surface area contributed by atoms with Crippen LogP contribution in [-0.2, 0) is 17.2 Å². The van der Waals surface area contributed by atoms with Gasteiger partial charge in [-0.2, -0.15) is 0 Å². The van der Waals surface area contributed by atoms with Crippen LogP contribution in [0, 0.1) is 0 Å². The summed E-state index contributed by atoms with van der Waals surface area (Å²) in [6.45, 7) is 0. The molecule has 2 rings (SSSR count). The second-order valence-electron chi connectivity index (χ2n) is 3.17. The molecule has 1 aliphatic carbocycles. The van der Waals surface area contributed by atoms with Crippen molar-refractivity contribution in [2.24, 2.45) is 0 Å². The largest absolute Gasteiger partial charge is 0.294 e. The molecule has 0 aromatic heterocycles. The van der Waals surface area contributed by atoms with E-state index in [0.717, 1.165) is 12.0 Å². The van der Waals surface area contributed by atoms with Crippen LogP contribution in [0.25, 0.3) is 0 Å². The number of aryl methyl sites for hydroxylation is 1. The average Bonchev–Trinajstić information content (AvgIpc) is 2.48. The molecule has 0 heterocycles. The van der Waals surface area contributed by atoms with E-state index in [-0.39, 0.29) is 5.78 Å². The molecule has 1 aromatic carbocycles. The number of hydrogen-bond acceptors (Lipinski definition) is 2. The maximum atomic E-state index is 11.5. The highest BCUT2D eigenvalue weighted by Crippen LogP contribution is 2.26. The van der Waals surface area contributed by atoms with Crippen LogP contribution in [0.4, 0.5) is 0 Å². The van der Waals surface area contributed by atoms with Crippen LogP contribution in [0.3, 0.4) is 0 Å². The molecule has 0 amide bonds. The van der Waals surface area contributed by atoms with Gasteiger partial charge in [-0.15, -0.1) is 0 Å². The van der Waals surface area contributed by atoms with E-state index in [4.69, 9.17) is 0 Å². The average molecular weight is 194 g/mol. The molecule has 0 radical (unpaired) electrons. The lowest BCUT2D eigenvalue weighted by Crippen LogP contribution is -2.00. The fourth-order valence-corrected chi connectivity index (χ4v) is 2.52. The molecule has 1 aliphatic rings. The second-order valence-corrected chi connectivity index (χ2v) is 4.52. The van der Waals surface area contributed by atoms with Gasteiger partial charge in [0.25, 0.3) is 0 Å². The maximum absolute atomic E-state index is 11.5. The van der Waals surface area contributed by atoms with Crippen molar-refractivity contribution in [3.8, 4) is 0 Å². The number of ketones is 1. The molecule has 0 saturated heterocycles. The summed E-state index contributed by atoms with van der Waals surface area (Å²) in [5.74, 6) is 0.140. The molecule has 0 aliphatic heterocycles. The summed E-state index contributed by atoms with van der Waals surface area (Å²) in [6, 6.07) is 5.59. The summed E-state index contributed by atoms with van der Waals surface area (Å²) in [5, 5.41) is 0. The van der Waals surface area contributed by atoms with E-state index in [0.29, 0.717) is 16.9 Å². The highest BCUT2D eigenvalue weighted by molar-refractivity contribution is 7.84. The van der Waals surface area contributed by atoms with Crippen molar-refractivity contribution in [3.63, 3.8) is 0 Å². The highest BCUT2D eigenvalue weighted by atomic mass is 32.2. The summed E-state index contributed by atoms with van der Waals surface area (Å²) in [5.41, 5.74) is 1.76. The van der Waals surface area contributed by atoms with E-state index in [1.165, 1.54) is 0 Å². The number of carbonyl (C=O) groups is 1. The lowest BCUT2D eigenvalue weighted by molar-refractivity contribution is 0.0992. The Labute approximate surface area is 79.4 Å². The molecule has 3 heteroatoms. The maximum Gasteiger partial charge on any atom is 0.164 e. The Bertz CT molecular complexity index is 396. The molecule has 0 spiro atoms. The van der Waals surface area contributed by atoms with Crippen LogP contribution in [0.15, 0.2) is 23.1 Å². The molecule has 1 aromatic rings. The molecule has 0 fully saturated rings. The predicted octanol–water partition coefficient (Wildman–Crippen LogP) is 1.55. The lowest BCUT2D eigenvalue weighted by atomic mass is 10.1. The zero-order valence-corrected chi connectivity index (χ0v) is 8.19. The summed E-state index contributed by atoms with van der Waals surface area (Å²) >= 11 is 0. The van der Waals surface area contributed by atoms with Crippen molar-refractivity contribution < 1.29 is 9.00 Å². The topological polar surface area (TPSA) is 34.1 Å². The SMILES string of the molecule is CS(=O)c1cccc2c1C(=O)CC2. The van der Waals surface area contributed by atoms with Crippen LogP contribution in [0.5, 0.6) is 0 Å². The van der Waals surface area contributed by atoms with Gasteiger partial charge in [0, 0.05) is 23.1 Å². The lowest BCUT2D eigenvalue weighted by Gasteiger charge is -2.02. The van der Waals surface area contributed by atoms with Gasteiger partial charge < -0.3 is 0 Å². The molecule has 1 atom stereocenters. The Hall–Kier alpha value is -0.960. The van der Waals surface area contributed by atoms with E-state index in [1.54, 1.807) is 12.3 Å². The Balaban J connectivity index is 2.66. The minimum Gasteiger partial charge on any atom is -0.294 e. The normalized spacial score (nSPS) is 17.2. The zero-order chi connectivity index (χ0) is 9.42. The first kappa shape index (κ1) is 8.63. The monoisotopic (exact) mass is 194 g/mol. The Morgan fingerprint density at radius 3 is 2.77 bits per heavy atom. The fourth-order valence-electron chi connectivity index (χ4n) is 1.71. The first-order valence-electron chi connectivity index (χ1n) is 4.18. The van der Waals surface area contributed by atoms with Crippen LogP contribution in [-0.4, -0.2) is 16.2 Å². The standard InChI is InChI=1S/C10H10O2S/c1-13(12)9-4-2-3-7-5-6-8(11)10(7)9/h2-4H,5-6H2,1H3. The predicted molar refractivity (Wildman–Crippen MR) is 51.4 cm³/mol. The number of fused-ring (bicyclic) bond motifs is 1. The minimum absolute atomic E-state index is 0.140.